The van der Waals surface area contributed by atoms with Crippen molar-refractivity contribution in [1.29, 1.82) is 0 Å². The number of halogens is 1. The Balaban J connectivity index is 1.70. The summed E-state index contributed by atoms with van der Waals surface area (Å²) in [4.78, 5) is 4.84. The van der Waals surface area contributed by atoms with Crippen molar-refractivity contribution >= 4 is 22.8 Å². The van der Waals surface area contributed by atoms with E-state index in [0.717, 1.165) is 40.7 Å². The largest absolute Gasteiger partial charge is 0.308 e. The second kappa shape index (κ2) is 3.83. The van der Waals surface area contributed by atoms with Crippen LogP contribution in [0.1, 0.15) is 49.1 Å². The number of rotatable bonds is 2. The Hall–Kier alpha value is -1.03. The van der Waals surface area contributed by atoms with Crippen molar-refractivity contribution in [3.63, 3.8) is 0 Å². The number of aryl methyl sites for hydroxylation is 2. The Morgan fingerprint density at radius 1 is 1.24 bits per heavy atom. The van der Waals surface area contributed by atoms with Gasteiger partial charge in [0.25, 0.3) is 0 Å². The van der Waals surface area contributed by atoms with Crippen LogP contribution in [0.25, 0.3) is 11.2 Å². The van der Waals surface area contributed by atoms with Crippen LogP contribution in [-0.2, 0) is 7.05 Å². The first kappa shape index (κ1) is 12.5. The quantitative estimate of drug-likeness (QED) is 0.795. The third kappa shape index (κ3) is 1.42. The lowest BCUT2D eigenvalue weighted by molar-refractivity contribution is 0.447. The maximum absolute atomic E-state index is 6.45. The molecule has 2 heterocycles. The van der Waals surface area contributed by atoms with E-state index in [9.17, 15) is 0 Å². The van der Waals surface area contributed by atoms with Crippen molar-refractivity contribution in [3.05, 3.63) is 11.5 Å². The van der Waals surface area contributed by atoms with Crippen LogP contribution < -0.4 is 0 Å². The average molecular weight is 305 g/mol. The number of fused-ring (bicyclic) bond motifs is 6. The molecule has 0 radical (unpaired) electrons. The van der Waals surface area contributed by atoms with Crippen LogP contribution in [0, 0.1) is 30.6 Å². The van der Waals surface area contributed by atoms with Gasteiger partial charge in [-0.2, -0.15) is 5.10 Å². The summed E-state index contributed by atoms with van der Waals surface area (Å²) in [5.41, 5.74) is 3.23. The maximum atomic E-state index is 6.45. The first-order chi connectivity index (χ1) is 10.1. The van der Waals surface area contributed by atoms with Crippen LogP contribution in [0.4, 0.5) is 0 Å². The third-order valence-electron chi connectivity index (χ3n) is 6.21. The topological polar surface area (TPSA) is 35.6 Å². The van der Waals surface area contributed by atoms with Crippen molar-refractivity contribution in [1.82, 2.24) is 19.3 Å². The Labute approximate surface area is 129 Å². The molecule has 5 heteroatoms. The zero-order valence-electron chi connectivity index (χ0n) is 12.8. The van der Waals surface area contributed by atoms with Crippen LogP contribution in [0.3, 0.4) is 0 Å². The van der Waals surface area contributed by atoms with Gasteiger partial charge in [0.05, 0.1) is 11.1 Å². The fraction of sp³-hybridized carbons (Fsp3) is 0.750. The molecule has 0 aliphatic heterocycles. The van der Waals surface area contributed by atoms with Gasteiger partial charge in [-0.3, -0.25) is 4.68 Å². The van der Waals surface area contributed by atoms with Crippen LogP contribution in [0.15, 0.2) is 0 Å². The fourth-order valence-electron chi connectivity index (χ4n) is 5.51. The smallest absolute Gasteiger partial charge is 0.158 e. The zero-order chi connectivity index (χ0) is 14.5. The van der Waals surface area contributed by atoms with E-state index in [4.69, 9.17) is 16.6 Å². The van der Waals surface area contributed by atoms with Gasteiger partial charge in [0.2, 0.25) is 0 Å². The molecular weight excluding hydrogens is 284 g/mol. The Morgan fingerprint density at radius 2 is 1.90 bits per heavy atom. The molecule has 2 aromatic heterocycles. The minimum absolute atomic E-state index is 0.0456. The summed E-state index contributed by atoms with van der Waals surface area (Å²) >= 11 is 6.45. The molecule has 2 aromatic rings. The van der Waals surface area contributed by atoms with Gasteiger partial charge in [0.15, 0.2) is 5.65 Å². The van der Waals surface area contributed by atoms with E-state index >= 15 is 0 Å². The van der Waals surface area contributed by atoms with E-state index in [1.807, 2.05) is 25.6 Å². The van der Waals surface area contributed by atoms with Crippen molar-refractivity contribution < 1.29 is 0 Å². The number of hydrogen-bond acceptors (Lipinski definition) is 2. The molecular formula is C16H21ClN4. The molecule has 0 N–H and O–H groups in total. The fourth-order valence-corrected chi connectivity index (χ4v) is 5.67. The maximum Gasteiger partial charge on any atom is 0.158 e. The second-order valence-corrected chi connectivity index (χ2v) is 7.97. The predicted molar refractivity (Wildman–Crippen MR) is 82.4 cm³/mol. The normalized spacial score (nSPS) is 38.2. The van der Waals surface area contributed by atoms with Crippen molar-refractivity contribution in [3.8, 4) is 0 Å². The summed E-state index contributed by atoms with van der Waals surface area (Å²) in [6.07, 6.45) is 4.35. The number of nitrogens with zero attached hydrogens (tertiary/aromatic N) is 4. The molecule has 0 saturated heterocycles. The van der Waals surface area contributed by atoms with Gasteiger partial charge in [-0.1, -0.05) is 0 Å². The summed E-state index contributed by atoms with van der Waals surface area (Å²) < 4.78 is 4.45. The number of aromatic nitrogens is 4. The van der Waals surface area contributed by atoms with E-state index < -0.39 is 0 Å². The molecule has 0 spiro atoms. The lowest BCUT2D eigenvalue weighted by atomic mass is 10.0. The van der Waals surface area contributed by atoms with Crippen molar-refractivity contribution in [2.24, 2.45) is 30.7 Å². The molecule has 5 atom stereocenters. The highest BCUT2D eigenvalue weighted by Crippen LogP contribution is 2.72. The molecule has 0 aromatic carbocycles. The molecule has 3 saturated carbocycles. The van der Waals surface area contributed by atoms with Crippen molar-refractivity contribution in [2.75, 3.05) is 0 Å². The standard InChI is InChI=1S/C16H21ClN4/c1-7(17)15-18-13-8(2)19-20(3)16(13)21(15)14-11-9-4-5-10(6-9)12(11)14/h7,9-12,14H,4-6H2,1-3H3. The van der Waals surface area contributed by atoms with E-state index in [1.165, 1.54) is 24.9 Å². The van der Waals surface area contributed by atoms with E-state index in [-0.39, 0.29) is 5.38 Å². The molecule has 4 nitrogen and oxygen atoms in total. The van der Waals surface area contributed by atoms with Crippen LogP contribution in [-0.4, -0.2) is 19.3 Å². The summed E-state index contributed by atoms with van der Waals surface area (Å²) in [5, 5.41) is 4.51. The van der Waals surface area contributed by atoms with E-state index in [1.54, 1.807) is 0 Å². The van der Waals surface area contributed by atoms with Crippen LogP contribution >= 0.6 is 11.6 Å². The van der Waals surface area contributed by atoms with Gasteiger partial charge in [-0.25, -0.2) is 4.98 Å². The molecule has 5 unspecified atom stereocenters. The highest BCUT2D eigenvalue weighted by molar-refractivity contribution is 6.20. The van der Waals surface area contributed by atoms with Gasteiger partial charge in [0, 0.05) is 13.1 Å². The monoisotopic (exact) mass is 304 g/mol. The summed E-state index contributed by atoms with van der Waals surface area (Å²) in [6.45, 7) is 4.08. The first-order valence-electron chi connectivity index (χ1n) is 8.13. The number of imidazole rings is 1. The lowest BCUT2D eigenvalue weighted by Gasteiger charge is -2.15. The van der Waals surface area contributed by atoms with Gasteiger partial charge < -0.3 is 4.57 Å². The van der Waals surface area contributed by atoms with Gasteiger partial charge >= 0.3 is 0 Å². The minimum Gasteiger partial charge on any atom is -0.308 e. The van der Waals surface area contributed by atoms with Crippen LogP contribution in [0.5, 0.6) is 0 Å². The SMILES string of the molecule is Cc1nn(C)c2c1nc(C(C)Cl)n2C1C2C3CCC(C3)C21. The van der Waals surface area contributed by atoms with Gasteiger partial charge in [-0.05, 0) is 56.8 Å². The minimum atomic E-state index is -0.0456. The molecule has 5 rings (SSSR count). The summed E-state index contributed by atoms with van der Waals surface area (Å²) in [7, 11) is 2.03. The zero-order valence-corrected chi connectivity index (χ0v) is 13.5. The third-order valence-corrected chi connectivity index (χ3v) is 6.41. The Kier molecular flexibility index (Phi) is 2.28. The number of hydrogen-bond donors (Lipinski definition) is 0. The predicted octanol–water partition coefficient (Wildman–Crippen LogP) is 3.60. The number of alkyl halides is 1. The molecule has 112 valence electrons. The highest BCUT2D eigenvalue weighted by Gasteiger charge is 2.66. The second-order valence-electron chi connectivity index (χ2n) is 7.32. The molecule has 0 amide bonds. The molecule has 3 aliphatic carbocycles. The Morgan fingerprint density at radius 3 is 2.52 bits per heavy atom. The summed E-state index contributed by atoms with van der Waals surface area (Å²) in [5.74, 6) is 4.71. The molecule has 2 bridgehead atoms. The average Bonchev–Trinajstić information content (AvgIpc) is 2.84. The van der Waals surface area contributed by atoms with Gasteiger partial charge in [-0.15, -0.1) is 11.6 Å². The first-order valence-corrected chi connectivity index (χ1v) is 8.57. The Bertz CT molecular complexity index is 727. The molecule has 21 heavy (non-hydrogen) atoms. The van der Waals surface area contributed by atoms with E-state index in [2.05, 4.69) is 9.67 Å². The highest BCUT2D eigenvalue weighted by atomic mass is 35.5. The van der Waals surface area contributed by atoms with Crippen LogP contribution in [0.2, 0.25) is 0 Å². The lowest BCUT2D eigenvalue weighted by Crippen LogP contribution is -2.11. The van der Waals surface area contributed by atoms with Crippen molar-refractivity contribution in [2.45, 2.75) is 44.5 Å². The summed E-state index contributed by atoms with van der Waals surface area (Å²) in [6, 6.07) is 0.632. The molecule has 3 aliphatic rings. The van der Waals surface area contributed by atoms with E-state index in [0.29, 0.717) is 6.04 Å². The molecule has 3 fully saturated rings. The van der Waals surface area contributed by atoms with Gasteiger partial charge in [0.1, 0.15) is 11.3 Å².